The maximum Gasteiger partial charge on any atom is 0.434 e. The van der Waals surface area contributed by atoms with Crippen LogP contribution in [-0.4, -0.2) is 71.2 Å². The molecule has 5 rings (SSSR count). The van der Waals surface area contributed by atoms with Crippen molar-refractivity contribution in [1.29, 1.82) is 0 Å². The van der Waals surface area contributed by atoms with E-state index < -0.39 is 23.3 Å². The fourth-order valence-corrected chi connectivity index (χ4v) is 5.71. The second-order valence-corrected chi connectivity index (χ2v) is 10.6. The molecule has 0 radical (unpaired) electrons. The molecule has 12 heteroatoms. The van der Waals surface area contributed by atoms with Gasteiger partial charge in [-0.3, -0.25) is 9.59 Å². The summed E-state index contributed by atoms with van der Waals surface area (Å²) in [5.74, 6) is -0.351. The average molecular weight is 576 g/mol. The number of aromatic nitrogens is 2. The number of nitrogens with zero attached hydrogens (tertiary/aromatic N) is 4. The highest BCUT2D eigenvalue weighted by molar-refractivity contribution is 6.31. The number of aryl methyl sites for hydroxylation is 1. The number of amides is 2. The lowest BCUT2D eigenvalue weighted by atomic mass is 10.0. The highest BCUT2D eigenvalue weighted by Crippen LogP contribution is 2.38. The lowest BCUT2D eigenvalue weighted by Crippen LogP contribution is -2.35. The molecule has 0 saturated carbocycles. The Labute approximate surface area is 234 Å². The topological polar surface area (TPSA) is 79.7 Å². The minimum absolute atomic E-state index is 0.0971. The van der Waals surface area contributed by atoms with E-state index in [9.17, 15) is 22.8 Å². The summed E-state index contributed by atoms with van der Waals surface area (Å²) in [6.45, 7) is 4.49. The van der Waals surface area contributed by atoms with Crippen molar-refractivity contribution in [2.45, 2.75) is 19.5 Å². The number of ether oxygens (including phenoxy) is 1. The highest BCUT2D eigenvalue weighted by atomic mass is 35.5. The zero-order valence-corrected chi connectivity index (χ0v) is 22.8. The van der Waals surface area contributed by atoms with Crippen molar-refractivity contribution in [3.63, 3.8) is 0 Å². The normalized spacial score (nSPS) is 19.1. The molecule has 212 valence electrons. The Balaban J connectivity index is 1.21. The van der Waals surface area contributed by atoms with Crippen LogP contribution in [0, 0.1) is 18.8 Å². The summed E-state index contributed by atoms with van der Waals surface area (Å²) in [7, 11) is 1.36. The summed E-state index contributed by atoms with van der Waals surface area (Å²) in [4.78, 5) is 29.4. The molecule has 1 N–H and O–H groups in total. The van der Waals surface area contributed by atoms with Gasteiger partial charge in [-0.15, -0.1) is 0 Å². The van der Waals surface area contributed by atoms with Crippen LogP contribution in [0.5, 0.6) is 5.75 Å². The molecule has 2 unspecified atom stereocenters. The van der Waals surface area contributed by atoms with Gasteiger partial charge in [-0.25, -0.2) is 4.68 Å². The molecule has 8 nitrogen and oxygen atoms in total. The Kier molecular flexibility index (Phi) is 7.78. The Morgan fingerprint density at radius 3 is 2.45 bits per heavy atom. The summed E-state index contributed by atoms with van der Waals surface area (Å²) >= 11 is 6.13. The number of benzene rings is 2. The van der Waals surface area contributed by atoms with Gasteiger partial charge in [0.05, 0.1) is 18.9 Å². The molecule has 40 heavy (non-hydrogen) atoms. The molecule has 3 aromatic rings. The van der Waals surface area contributed by atoms with Gasteiger partial charge in [-0.05, 0) is 48.6 Å². The number of fused-ring (bicyclic) bond motifs is 1. The lowest BCUT2D eigenvalue weighted by molar-refractivity contribution is -0.143. The third-order valence-corrected chi connectivity index (χ3v) is 7.95. The van der Waals surface area contributed by atoms with Gasteiger partial charge in [0, 0.05) is 49.9 Å². The number of carbonyl (C=O) groups excluding carboxylic acids is 2. The average Bonchev–Trinajstić information content (AvgIpc) is 3.62. The van der Waals surface area contributed by atoms with Gasteiger partial charge in [0.1, 0.15) is 11.4 Å². The number of para-hydroxylation sites is 2. The largest absolute Gasteiger partial charge is 0.494 e. The summed E-state index contributed by atoms with van der Waals surface area (Å²) in [6.07, 6.45) is -3.53. The first kappa shape index (κ1) is 28.0. The van der Waals surface area contributed by atoms with Crippen molar-refractivity contribution in [1.82, 2.24) is 19.6 Å². The lowest BCUT2D eigenvalue weighted by Gasteiger charge is -2.22. The molecule has 2 atom stereocenters. The number of hydrogen-bond acceptors (Lipinski definition) is 5. The quantitative estimate of drug-likeness (QED) is 0.434. The van der Waals surface area contributed by atoms with Crippen LogP contribution in [0.2, 0.25) is 5.02 Å². The minimum Gasteiger partial charge on any atom is -0.494 e. The van der Waals surface area contributed by atoms with E-state index in [0.717, 1.165) is 16.4 Å². The molecule has 2 amide bonds. The van der Waals surface area contributed by atoms with E-state index in [1.165, 1.54) is 24.1 Å². The van der Waals surface area contributed by atoms with E-state index >= 15 is 0 Å². The van der Waals surface area contributed by atoms with Crippen LogP contribution in [0.15, 0.2) is 48.7 Å². The first-order valence-corrected chi connectivity index (χ1v) is 13.3. The van der Waals surface area contributed by atoms with E-state index in [1.807, 2.05) is 13.0 Å². The Morgan fingerprint density at radius 2 is 1.80 bits per heavy atom. The molecule has 0 bridgehead atoms. The van der Waals surface area contributed by atoms with E-state index in [0.29, 0.717) is 49.9 Å². The summed E-state index contributed by atoms with van der Waals surface area (Å²) in [6, 6.07) is 11.6. The van der Waals surface area contributed by atoms with Crippen molar-refractivity contribution >= 4 is 29.1 Å². The number of methoxy groups -OCH3 is 1. The minimum atomic E-state index is -4.81. The zero-order chi connectivity index (χ0) is 28.6. The third-order valence-electron chi connectivity index (χ3n) is 7.54. The smallest absolute Gasteiger partial charge is 0.434 e. The Bertz CT molecular complexity index is 1410. The number of nitrogens with one attached hydrogen (secondary N) is 1. The van der Waals surface area contributed by atoms with Crippen molar-refractivity contribution in [3.8, 4) is 11.4 Å². The molecule has 2 aromatic carbocycles. The van der Waals surface area contributed by atoms with Crippen LogP contribution in [-0.2, 0) is 11.0 Å². The van der Waals surface area contributed by atoms with E-state index in [-0.39, 0.29) is 29.2 Å². The monoisotopic (exact) mass is 575 g/mol. The SMILES string of the molecule is COc1ccccc1-n1ncc(C(=O)N2CC3CN(CCC(=O)Nc4ccc(C)c(Cl)c4)CC3C2)c1C(F)(F)F. The fourth-order valence-electron chi connectivity index (χ4n) is 5.53. The first-order valence-electron chi connectivity index (χ1n) is 12.9. The van der Waals surface area contributed by atoms with Crippen LogP contribution in [0.1, 0.15) is 28.0 Å². The van der Waals surface area contributed by atoms with Gasteiger partial charge in [0.25, 0.3) is 5.91 Å². The van der Waals surface area contributed by atoms with Gasteiger partial charge in [0.15, 0.2) is 5.69 Å². The van der Waals surface area contributed by atoms with Crippen molar-refractivity contribution in [3.05, 3.63) is 70.5 Å². The number of carbonyl (C=O) groups is 2. The standard InChI is InChI=1S/C28H29ClF3N5O3/c1-17-7-8-20(11-22(17)29)34-25(38)9-10-35-13-18-15-36(16-19(18)14-35)27(39)21-12-33-37(26(21)28(30,31)32)23-5-3-4-6-24(23)40-2/h3-8,11-12,18-19H,9-10,13-16H2,1-2H3,(H,34,38). The van der Waals surface area contributed by atoms with Crippen LogP contribution in [0.4, 0.5) is 18.9 Å². The molecule has 3 heterocycles. The number of hydrogen-bond donors (Lipinski definition) is 1. The van der Waals surface area contributed by atoms with Crippen LogP contribution >= 0.6 is 11.6 Å². The molecule has 0 aliphatic carbocycles. The third kappa shape index (κ3) is 5.66. The number of alkyl halides is 3. The van der Waals surface area contributed by atoms with E-state index in [4.69, 9.17) is 16.3 Å². The van der Waals surface area contributed by atoms with Gasteiger partial charge >= 0.3 is 6.18 Å². The van der Waals surface area contributed by atoms with Crippen molar-refractivity contribution in [2.24, 2.45) is 11.8 Å². The molecule has 2 aliphatic rings. The van der Waals surface area contributed by atoms with Crippen molar-refractivity contribution < 1.29 is 27.5 Å². The molecule has 0 spiro atoms. The number of likely N-dealkylation sites (tertiary alicyclic amines) is 2. The number of rotatable bonds is 7. The molecule has 1 aromatic heterocycles. The van der Waals surface area contributed by atoms with E-state index in [1.54, 1.807) is 24.3 Å². The van der Waals surface area contributed by atoms with Gasteiger partial charge in [-0.2, -0.15) is 18.3 Å². The Hall–Kier alpha value is -3.57. The molecule has 2 fully saturated rings. The van der Waals surface area contributed by atoms with Gasteiger partial charge in [0.2, 0.25) is 5.91 Å². The predicted molar refractivity (Wildman–Crippen MR) is 144 cm³/mol. The van der Waals surface area contributed by atoms with Crippen molar-refractivity contribution in [2.75, 3.05) is 45.2 Å². The van der Waals surface area contributed by atoms with E-state index in [2.05, 4.69) is 15.3 Å². The molecular weight excluding hydrogens is 547 g/mol. The number of halogens is 4. The first-order chi connectivity index (χ1) is 19.0. The molecular formula is C28H29ClF3N5O3. The zero-order valence-electron chi connectivity index (χ0n) is 22.0. The second kappa shape index (κ2) is 11.1. The summed E-state index contributed by atoms with van der Waals surface area (Å²) in [5.41, 5.74) is 0.0560. The van der Waals surface area contributed by atoms with Crippen LogP contribution in [0.3, 0.4) is 0 Å². The van der Waals surface area contributed by atoms with Crippen LogP contribution in [0.25, 0.3) is 5.69 Å². The Morgan fingerprint density at radius 1 is 1.10 bits per heavy atom. The second-order valence-electron chi connectivity index (χ2n) is 10.2. The maximum atomic E-state index is 14.2. The predicted octanol–water partition coefficient (Wildman–Crippen LogP) is 4.89. The number of anilines is 1. The maximum absolute atomic E-state index is 14.2. The highest BCUT2D eigenvalue weighted by Gasteiger charge is 2.45. The van der Waals surface area contributed by atoms with Gasteiger partial charge < -0.3 is 19.9 Å². The fraction of sp³-hybridized carbons (Fsp3) is 0.393. The molecule has 2 aliphatic heterocycles. The molecule has 2 saturated heterocycles. The summed E-state index contributed by atoms with van der Waals surface area (Å²) < 4.78 is 48.5. The van der Waals surface area contributed by atoms with Gasteiger partial charge in [-0.1, -0.05) is 29.8 Å². The summed E-state index contributed by atoms with van der Waals surface area (Å²) in [5, 5.41) is 7.37. The van der Waals surface area contributed by atoms with Crippen LogP contribution < -0.4 is 10.1 Å².